The van der Waals surface area contributed by atoms with E-state index >= 15 is 0 Å². The van der Waals surface area contributed by atoms with Crippen LogP contribution in [0.3, 0.4) is 0 Å². The second-order valence-electron chi connectivity index (χ2n) is 0.921. The van der Waals surface area contributed by atoms with Gasteiger partial charge < -0.3 is 0 Å². The van der Waals surface area contributed by atoms with Crippen LogP contribution in [0.5, 0.6) is 0 Å². The Bertz CT molecular complexity index is 168. The Morgan fingerprint density at radius 1 is 1.22 bits per heavy atom. The summed E-state index contributed by atoms with van der Waals surface area (Å²) in [7, 11) is -5.84. The van der Waals surface area contributed by atoms with Crippen LogP contribution in [0.15, 0.2) is 0 Å². The summed E-state index contributed by atoms with van der Waals surface area (Å²) in [5.74, 6) is 0. The molecule has 0 aliphatic carbocycles. The molecule has 0 amide bonds. The summed E-state index contributed by atoms with van der Waals surface area (Å²) < 4.78 is 57.5. The molecule has 0 aliphatic rings. The van der Waals surface area contributed by atoms with E-state index in [1.54, 1.807) is 0 Å². The molecule has 0 atom stereocenters. The van der Waals surface area contributed by atoms with Crippen molar-refractivity contribution in [1.82, 2.24) is 0 Å². The van der Waals surface area contributed by atoms with Crippen molar-refractivity contribution in [3.8, 4) is 0 Å². The summed E-state index contributed by atoms with van der Waals surface area (Å²) in [6, 6.07) is 0. The van der Waals surface area contributed by atoms with Gasteiger partial charge in [-0.1, -0.05) is 0 Å². The molecule has 0 aromatic carbocycles. The van der Waals surface area contributed by atoms with E-state index in [0.29, 0.717) is 0 Å². The Hall–Kier alpha value is 0.518. The predicted octanol–water partition coefficient (Wildman–Crippen LogP) is -0.790. The Balaban J connectivity index is 0. The molecule has 0 saturated heterocycles. The van der Waals surface area contributed by atoms with E-state index in [9.17, 15) is 13.2 Å². The minimum absolute atomic E-state index is 0. The van der Waals surface area contributed by atoms with Crippen LogP contribution >= 0.6 is 0 Å². The van der Waals surface area contributed by atoms with Gasteiger partial charge in [-0.25, -0.2) is 0 Å². The van der Waals surface area contributed by atoms with E-state index in [1.165, 1.54) is 0 Å². The molecule has 0 heterocycles. The van der Waals surface area contributed by atoms with Gasteiger partial charge in [-0.2, -0.15) is 21.6 Å². The van der Waals surface area contributed by atoms with E-state index < -0.39 is 15.6 Å². The van der Waals surface area contributed by atoms with Gasteiger partial charge in [0.25, 0.3) is 0 Å². The standard InChI is InChI=1S/CHF3O3S.Sb.3H/c2-1(3,4)8(5,6)7;;;;/h(H,5,6,7);;;;. The zero-order valence-electron chi connectivity index (χ0n) is 4.01. The molecule has 58 valence electrons. The van der Waals surface area contributed by atoms with Crippen molar-refractivity contribution >= 4 is 34.5 Å². The summed E-state index contributed by atoms with van der Waals surface area (Å²) in [4.78, 5) is 0. The Morgan fingerprint density at radius 3 is 1.33 bits per heavy atom. The van der Waals surface area contributed by atoms with Gasteiger partial charge >= 0.3 is 40.1 Å². The molecule has 0 aromatic rings. The number of hydrogen-bond donors (Lipinski definition) is 1. The second kappa shape index (κ2) is 3.07. The monoisotopic (exact) mass is 274 g/mol. The first-order valence-corrected chi connectivity index (χ1v) is 2.73. The molecule has 0 spiro atoms. The van der Waals surface area contributed by atoms with Crippen LogP contribution in [0.1, 0.15) is 0 Å². The molecule has 0 unspecified atom stereocenters. The number of hydrogen-bond acceptors (Lipinski definition) is 2. The van der Waals surface area contributed by atoms with Crippen molar-refractivity contribution in [1.29, 1.82) is 0 Å². The van der Waals surface area contributed by atoms with Crippen molar-refractivity contribution in [2.45, 2.75) is 5.51 Å². The Kier molecular flexibility index (Phi) is 4.17. The van der Waals surface area contributed by atoms with E-state index in [-0.39, 0.29) is 24.4 Å². The number of halogens is 3. The van der Waals surface area contributed by atoms with E-state index in [4.69, 9.17) is 13.0 Å². The Morgan fingerprint density at radius 2 is 1.33 bits per heavy atom. The maximum absolute atomic E-state index is 10.7. The first kappa shape index (κ1) is 12.2. The van der Waals surface area contributed by atoms with Crippen molar-refractivity contribution in [3.63, 3.8) is 0 Å². The molecule has 0 radical (unpaired) electrons. The third-order valence-corrected chi connectivity index (χ3v) is 0.877. The average Bonchev–Trinajstić information content (AvgIpc) is 1.25. The molecule has 0 aliphatic heterocycles. The minimum atomic E-state index is -5.84. The summed E-state index contributed by atoms with van der Waals surface area (Å²) in [5.41, 5.74) is -5.53. The topological polar surface area (TPSA) is 54.4 Å². The van der Waals surface area contributed by atoms with Crippen LogP contribution in [0.25, 0.3) is 0 Å². The quantitative estimate of drug-likeness (QED) is 0.358. The zero-order chi connectivity index (χ0) is 7.00. The van der Waals surface area contributed by atoms with Gasteiger partial charge in [0.15, 0.2) is 0 Å². The average molecular weight is 275 g/mol. The van der Waals surface area contributed by atoms with Gasteiger partial charge in [-0.3, -0.25) is 4.55 Å². The molecule has 0 saturated carbocycles. The molecule has 9 heavy (non-hydrogen) atoms. The molecule has 1 N–H and O–H groups in total. The van der Waals surface area contributed by atoms with Gasteiger partial charge in [0, 0.05) is 0 Å². The third kappa shape index (κ3) is 3.99. The molecule has 0 bridgehead atoms. The normalized spacial score (nSPS) is 12.4. The zero-order valence-corrected chi connectivity index (χ0v) is 8.87. The SMILES string of the molecule is O=S(=O)(O)C(F)(F)F.[SbH3]. The molecule has 8 heteroatoms. The van der Waals surface area contributed by atoms with Gasteiger partial charge in [-0.15, -0.1) is 0 Å². The Labute approximate surface area is 66.4 Å². The fraction of sp³-hybridized carbons (Fsp3) is 1.00. The van der Waals surface area contributed by atoms with Crippen LogP contribution in [0.4, 0.5) is 13.2 Å². The summed E-state index contributed by atoms with van der Waals surface area (Å²) in [5, 5.41) is 0. The number of rotatable bonds is 0. The van der Waals surface area contributed by atoms with Crippen LogP contribution in [-0.2, 0) is 10.1 Å². The molecule has 0 rings (SSSR count). The van der Waals surface area contributed by atoms with Crippen molar-refractivity contribution in [2.75, 3.05) is 0 Å². The molecule has 3 nitrogen and oxygen atoms in total. The van der Waals surface area contributed by atoms with Crippen LogP contribution in [0.2, 0.25) is 0 Å². The first-order chi connectivity index (χ1) is 3.25. The second-order valence-corrected chi connectivity index (χ2v) is 2.33. The summed E-state index contributed by atoms with van der Waals surface area (Å²) in [6.07, 6.45) is 0. The maximum atomic E-state index is 10.7. The summed E-state index contributed by atoms with van der Waals surface area (Å²) >= 11 is 0. The van der Waals surface area contributed by atoms with Crippen molar-refractivity contribution in [3.05, 3.63) is 0 Å². The van der Waals surface area contributed by atoms with E-state index in [0.717, 1.165) is 0 Å². The fourth-order valence-electron chi connectivity index (χ4n) is 0. The molecule has 0 fully saturated rings. The summed E-state index contributed by atoms with van der Waals surface area (Å²) in [6.45, 7) is 0. The molecular formula is CH4F3O3SSb. The van der Waals surface area contributed by atoms with Crippen molar-refractivity contribution < 1.29 is 26.1 Å². The fourth-order valence-corrected chi connectivity index (χ4v) is 0. The molecule has 0 aromatic heterocycles. The number of alkyl halides is 3. The van der Waals surface area contributed by atoms with Gasteiger partial charge in [0.05, 0.1) is 0 Å². The van der Waals surface area contributed by atoms with Crippen LogP contribution < -0.4 is 0 Å². The van der Waals surface area contributed by atoms with Gasteiger partial charge in [0.2, 0.25) is 0 Å². The van der Waals surface area contributed by atoms with Gasteiger partial charge in [0.1, 0.15) is 0 Å². The van der Waals surface area contributed by atoms with E-state index in [1.807, 2.05) is 0 Å². The van der Waals surface area contributed by atoms with Crippen LogP contribution in [0, 0.1) is 0 Å². The van der Waals surface area contributed by atoms with E-state index in [2.05, 4.69) is 0 Å². The van der Waals surface area contributed by atoms with Crippen LogP contribution in [-0.4, -0.2) is 42.9 Å². The van der Waals surface area contributed by atoms with Crippen molar-refractivity contribution in [2.24, 2.45) is 0 Å². The molecular weight excluding hydrogens is 271 g/mol. The first-order valence-electron chi connectivity index (χ1n) is 1.29. The third-order valence-electron chi connectivity index (χ3n) is 0.292. The predicted molar refractivity (Wildman–Crippen MR) is 27.5 cm³/mol. The van der Waals surface area contributed by atoms with Gasteiger partial charge in [-0.05, 0) is 0 Å².